The molecule has 0 atom stereocenters. The highest BCUT2D eigenvalue weighted by Crippen LogP contribution is 2.07. The number of benzene rings is 1. The summed E-state index contributed by atoms with van der Waals surface area (Å²) in [6.45, 7) is 5.73. The van der Waals surface area contributed by atoms with Gasteiger partial charge in [-0.05, 0) is 19.4 Å². The number of oxazole rings is 1. The first-order chi connectivity index (χ1) is 12.6. The van der Waals surface area contributed by atoms with Gasteiger partial charge in [0.1, 0.15) is 5.76 Å². The fourth-order valence-electron chi connectivity index (χ4n) is 2.54. The Morgan fingerprint density at radius 1 is 1.11 bits per heavy atom. The third kappa shape index (κ3) is 6.09. The number of halogens is 1. The minimum Gasteiger partial charge on any atom is -0.444 e. The SMILES string of the molecule is CN=C(NCc1cnn(Cc2ccccc2)c1)NCc1nc(C)c(C)o1.I. The van der Waals surface area contributed by atoms with Crippen molar-refractivity contribution in [1.29, 1.82) is 0 Å². The molecule has 0 fully saturated rings. The molecule has 2 heterocycles. The Morgan fingerprint density at radius 3 is 2.52 bits per heavy atom. The quantitative estimate of drug-likeness (QED) is 0.322. The van der Waals surface area contributed by atoms with E-state index in [-0.39, 0.29) is 24.0 Å². The summed E-state index contributed by atoms with van der Waals surface area (Å²) in [7, 11) is 1.74. The third-order valence-electron chi connectivity index (χ3n) is 4.04. The third-order valence-corrected chi connectivity index (χ3v) is 4.04. The second-order valence-corrected chi connectivity index (χ2v) is 6.06. The molecule has 3 rings (SSSR count). The fourth-order valence-corrected chi connectivity index (χ4v) is 2.54. The molecule has 0 radical (unpaired) electrons. The Balaban J connectivity index is 0.00000261. The van der Waals surface area contributed by atoms with Gasteiger partial charge in [0.15, 0.2) is 5.96 Å². The minimum absolute atomic E-state index is 0. The Hall–Kier alpha value is -2.36. The topological polar surface area (TPSA) is 80.3 Å². The summed E-state index contributed by atoms with van der Waals surface area (Å²) in [4.78, 5) is 8.57. The largest absolute Gasteiger partial charge is 0.444 e. The van der Waals surface area contributed by atoms with Gasteiger partial charge in [-0.25, -0.2) is 4.98 Å². The molecule has 0 aliphatic heterocycles. The molecule has 8 heteroatoms. The number of nitrogens with zero attached hydrogens (tertiary/aromatic N) is 4. The monoisotopic (exact) mass is 480 g/mol. The highest BCUT2D eigenvalue weighted by molar-refractivity contribution is 14.0. The highest BCUT2D eigenvalue weighted by Gasteiger charge is 2.07. The Bertz CT molecular complexity index is 852. The summed E-state index contributed by atoms with van der Waals surface area (Å²) in [5.41, 5.74) is 3.23. The highest BCUT2D eigenvalue weighted by atomic mass is 127. The summed E-state index contributed by atoms with van der Waals surface area (Å²) in [5.74, 6) is 2.18. The molecule has 1 aromatic carbocycles. The van der Waals surface area contributed by atoms with Crippen molar-refractivity contribution < 1.29 is 4.42 Å². The molecular formula is C19H25IN6O. The van der Waals surface area contributed by atoms with Crippen molar-refractivity contribution in [2.24, 2.45) is 4.99 Å². The van der Waals surface area contributed by atoms with Crippen molar-refractivity contribution in [3.8, 4) is 0 Å². The molecule has 2 N–H and O–H groups in total. The van der Waals surface area contributed by atoms with E-state index in [2.05, 4.69) is 37.8 Å². The molecule has 0 saturated carbocycles. The van der Waals surface area contributed by atoms with Crippen LogP contribution in [0.5, 0.6) is 0 Å². The molecule has 144 valence electrons. The first-order valence-electron chi connectivity index (χ1n) is 8.56. The van der Waals surface area contributed by atoms with E-state index in [1.165, 1.54) is 5.56 Å². The zero-order valence-electron chi connectivity index (χ0n) is 15.8. The summed E-state index contributed by atoms with van der Waals surface area (Å²) < 4.78 is 7.49. The lowest BCUT2D eigenvalue weighted by molar-refractivity contribution is 0.463. The van der Waals surface area contributed by atoms with Crippen LogP contribution in [0.25, 0.3) is 0 Å². The van der Waals surface area contributed by atoms with Gasteiger partial charge in [-0.2, -0.15) is 5.10 Å². The molecule has 27 heavy (non-hydrogen) atoms. The average molecular weight is 480 g/mol. The number of aryl methyl sites for hydroxylation is 2. The van der Waals surface area contributed by atoms with Crippen molar-refractivity contribution in [2.75, 3.05) is 7.05 Å². The average Bonchev–Trinajstić information content (AvgIpc) is 3.22. The van der Waals surface area contributed by atoms with Crippen LogP contribution in [-0.4, -0.2) is 27.8 Å². The molecule has 0 aliphatic rings. The van der Waals surface area contributed by atoms with Gasteiger partial charge >= 0.3 is 0 Å². The lowest BCUT2D eigenvalue weighted by Gasteiger charge is -2.09. The Labute approximate surface area is 176 Å². The van der Waals surface area contributed by atoms with Crippen LogP contribution in [-0.2, 0) is 19.6 Å². The number of aromatic nitrogens is 3. The molecular weight excluding hydrogens is 455 g/mol. The lowest BCUT2D eigenvalue weighted by atomic mass is 10.2. The molecule has 2 aromatic heterocycles. The van der Waals surface area contributed by atoms with Crippen molar-refractivity contribution in [3.05, 3.63) is 71.2 Å². The maximum absolute atomic E-state index is 5.56. The smallest absolute Gasteiger partial charge is 0.214 e. The molecule has 0 saturated heterocycles. The second-order valence-electron chi connectivity index (χ2n) is 6.06. The molecule has 0 unspecified atom stereocenters. The van der Waals surface area contributed by atoms with E-state index >= 15 is 0 Å². The number of rotatable bonds is 6. The van der Waals surface area contributed by atoms with Gasteiger partial charge in [-0.3, -0.25) is 9.67 Å². The predicted octanol–water partition coefficient (Wildman–Crippen LogP) is 3.02. The van der Waals surface area contributed by atoms with E-state index < -0.39 is 0 Å². The van der Waals surface area contributed by atoms with E-state index in [1.807, 2.05) is 49.1 Å². The van der Waals surface area contributed by atoms with E-state index in [0.717, 1.165) is 23.6 Å². The van der Waals surface area contributed by atoms with Crippen LogP contribution < -0.4 is 10.6 Å². The molecule has 0 aliphatic carbocycles. The molecule has 7 nitrogen and oxygen atoms in total. The first-order valence-corrected chi connectivity index (χ1v) is 8.56. The van der Waals surface area contributed by atoms with Gasteiger partial charge in [0, 0.05) is 25.4 Å². The van der Waals surface area contributed by atoms with Gasteiger partial charge in [0.2, 0.25) is 5.89 Å². The number of hydrogen-bond donors (Lipinski definition) is 2. The van der Waals surface area contributed by atoms with Gasteiger partial charge in [0.25, 0.3) is 0 Å². The van der Waals surface area contributed by atoms with Crippen LogP contribution in [0.15, 0.2) is 52.1 Å². The summed E-state index contributed by atoms with van der Waals surface area (Å²) in [5, 5.41) is 10.9. The minimum atomic E-state index is 0. The van der Waals surface area contributed by atoms with Gasteiger partial charge in [-0.1, -0.05) is 30.3 Å². The summed E-state index contributed by atoms with van der Waals surface area (Å²) in [6.07, 6.45) is 3.90. The second kappa shape index (κ2) is 10.1. The standard InChI is InChI=1S/C19H24N6O.HI/c1-14-15(2)26-18(24-14)11-22-19(20-3)21-9-17-10-23-25(13-17)12-16-7-5-4-6-8-16;/h4-8,10,13H,9,11-12H2,1-3H3,(H2,20,21,22);1H. The van der Waals surface area contributed by atoms with Crippen LogP contribution in [0, 0.1) is 13.8 Å². The summed E-state index contributed by atoms with van der Waals surface area (Å²) in [6, 6.07) is 10.3. The predicted molar refractivity (Wildman–Crippen MR) is 116 cm³/mol. The number of nitrogens with one attached hydrogen (secondary N) is 2. The zero-order valence-corrected chi connectivity index (χ0v) is 18.1. The van der Waals surface area contributed by atoms with Crippen molar-refractivity contribution in [1.82, 2.24) is 25.4 Å². The fraction of sp³-hybridized carbons (Fsp3) is 0.316. The van der Waals surface area contributed by atoms with E-state index in [4.69, 9.17) is 4.42 Å². The summed E-state index contributed by atoms with van der Waals surface area (Å²) >= 11 is 0. The molecule has 0 amide bonds. The van der Waals surface area contributed by atoms with E-state index in [1.54, 1.807) is 7.05 Å². The maximum atomic E-state index is 5.56. The van der Waals surface area contributed by atoms with Crippen LogP contribution in [0.4, 0.5) is 0 Å². The van der Waals surface area contributed by atoms with E-state index in [0.29, 0.717) is 24.9 Å². The number of aliphatic imine (C=N–C) groups is 1. The Kier molecular flexibility index (Phi) is 7.83. The van der Waals surface area contributed by atoms with Crippen LogP contribution in [0.3, 0.4) is 0 Å². The van der Waals surface area contributed by atoms with Crippen LogP contribution in [0.1, 0.15) is 28.5 Å². The van der Waals surface area contributed by atoms with Crippen LogP contribution in [0.2, 0.25) is 0 Å². The zero-order chi connectivity index (χ0) is 18.4. The van der Waals surface area contributed by atoms with Crippen molar-refractivity contribution >= 4 is 29.9 Å². The van der Waals surface area contributed by atoms with Gasteiger partial charge in [-0.15, -0.1) is 24.0 Å². The molecule has 0 bridgehead atoms. The first kappa shape index (κ1) is 20.9. The van der Waals surface area contributed by atoms with Crippen LogP contribution >= 0.6 is 24.0 Å². The number of hydrogen-bond acceptors (Lipinski definition) is 4. The maximum Gasteiger partial charge on any atom is 0.214 e. The van der Waals surface area contributed by atoms with E-state index in [9.17, 15) is 0 Å². The number of guanidine groups is 1. The van der Waals surface area contributed by atoms with Gasteiger partial charge in [0.05, 0.1) is 25.0 Å². The molecule has 0 spiro atoms. The lowest BCUT2D eigenvalue weighted by Crippen LogP contribution is -2.36. The van der Waals surface area contributed by atoms with Crippen molar-refractivity contribution in [2.45, 2.75) is 33.5 Å². The van der Waals surface area contributed by atoms with Crippen molar-refractivity contribution in [3.63, 3.8) is 0 Å². The molecule has 3 aromatic rings. The normalized spacial score (nSPS) is 11.1. The van der Waals surface area contributed by atoms with Gasteiger partial charge < -0.3 is 15.1 Å². The Morgan fingerprint density at radius 2 is 1.85 bits per heavy atom.